The van der Waals surface area contributed by atoms with Crippen molar-refractivity contribution < 1.29 is 0 Å². The van der Waals surface area contributed by atoms with Gasteiger partial charge in [-0.15, -0.1) is 10.2 Å². The molecule has 43 valence electrons. The van der Waals surface area contributed by atoms with Crippen LogP contribution in [0.5, 0.6) is 0 Å². The van der Waals surface area contributed by atoms with E-state index in [0.717, 1.165) is 0 Å². The predicted molar refractivity (Wildman–Crippen MR) is 28.5 cm³/mol. The van der Waals surface area contributed by atoms with Crippen molar-refractivity contribution in [2.24, 2.45) is 0 Å². The van der Waals surface area contributed by atoms with Crippen molar-refractivity contribution in [3.8, 4) is 0 Å². The largest absolute Gasteiger partial charge is 0.368 e. The highest BCUT2D eigenvalue weighted by Crippen LogP contribution is 1.95. The molecule has 1 aromatic rings. The minimum atomic E-state index is 0.297. The summed E-state index contributed by atoms with van der Waals surface area (Å²) in [6.07, 6.45) is 0. The van der Waals surface area contributed by atoms with E-state index in [-0.39, 0.29) is 0 Å². The summed E-state index contributed by atoms with van der Waals surface area (Å²) in [5.74, 6) is 0.758. The average Bonchev–Trinajstić information content (AvgIpc) is 2.14. The summed E-state index contributed by atoms with van der Waals surface area (Å²) in [5.41, 5.74) is 5.16. The Morgan fingerprint density at radius 1 is 1.62 bits per heavy atom. The number of nitrogens with two attached hydrogens (primary N) is 1. The molecule has 0 amide bonds. The molecule has 0 saturated heterocycles. The van der Waals surface area contributed by atoms with Crippen molar-refractivity contribution in [2.75, 3.05) is 12.8 Å². The molecule has 0 bridgehead atoms. The number of hydrogen-bond acceptors (Lipinski definition) is 3. The van der Waals surface area contributed by atoms with Gasteiger partial charge in [-0.1, -0.05) is 0 Å². The minimum Gasteiger partial charge on any atom is -0.368 e. The summed E-state index contributed by atoms with van der Waals surface area (Å²) in [6.45, 7) is 0. The highest BCUT2D eigenvalue weighted by Gasteiger charge is 1.92. The highest BCUT2D eigenvalue weighted by molar-refractivity contribution is 5.21. The quantitative estimate of drug-likeness (QED) is 0.501. The Morgan fingerprint density at radius 2 is 2.38 bits per heavy atom. The number of aromatic amines is 1. The van der Waals surface area contributed by atoms with E-state index in [0.29, 0.717) is 11.9 Å². The van der Waals surface area contributed by atoms with Crippen LogP contribution < -0.4 is 11.1 Å². The van der Waals surface area contributed by atoms with Crippen LogP contribution in [0.4, 0.5) is 11.9 Å². The molecular formula is C3H6N5. The molecule has 0 aliphatic rings. The molecule has 1 heterocycles. The zero-order valence-corrected chi connectivity index (χ0v) is 4.42. The second-order valence-electron chi connectivity index (χ2n) is 1.26. The first-order valence-corrected chi connectivity index (χ1v) is 2.11. The molecule has 0 fully saturated rings. The molecule has 0 aliphatic carbocycles. The number of rotatable bonds is 1. The summed E-state index contributed by atoms with van der Waals surface area (Å²) < 4.78 is 0. The zero-order valence-electron chi connectivity index (χ0n) is 4.42. The Balaban J connectivity index is 2.84. The van der Waals surface area contributed by atoms with E-state index in [1.807, 2.05) is 0 Å². The van der Waals surface area contributed by atoms with Crippen LogP contribution in [0.3, 0.4) is 0 Å². The highest BCUT2D eigenvalue weighted by atomic mass is 15.3. The zero-order chi connectivity index (χ0) is 5.98. The first-order valence-electron chi connectivity index (χ1n) is 2.11. The molecule has 5 nitrogen and oxygen atoms in total. The second-order valence-corrected chi connectivity index (χ2v) is 1.26. The average molecular weight is 112 g/mol. The van der Waals surface area contributed by atoms with Crippen LogP contribution >= 0.6 is 0 Å². The van der Waals surface area contributed by atoms with Gasteiger partial charge in [-0.25, -0.2) is 0 Å². The lowest BCUT2D eigenvalue weighted by Gasteiger charge is -1.80. The molecule has 0 saturated carbocycles. The van der Waals surface area contributed by atoms with Gasteiger partial charge in [0, 0.05) is 7.05 Å². The Hall–Kier alpha value is -1.26. The topological polar surface area (TPSA) is 81.7 Å². The molecular weight excluding hydrogens is 106 g/mol. The fraction of sp³-hybridized carbons (Fsp3) is 0.333. The van der Waals surface area contributed by atoms with E-state index in [4.69, 9.17) is 5.73 Å². The number of H-pyrrole nitrogens is 1. The lowest BCUT2D eigenvalue weighted by Crippen LogP contribution is -1.88. The van der Waals surface area contributed by atoms with E-state index < -0.39 is 0 Å². The molecule has 0 atom stereocenters. The second kappa shape index (κ2) is 1.69. The lowest BCUT2D eigenvalue weighted by molar-refractivity contribution is 0.960. The number of nitrogens with zero attached hydrogens (tertiary/aromatic N) is 3. The summed E-state index contributed by atoms with van der Waals surface area (Å²) in [7, 11) is 1.61. The van der Waals surface area contributed by atoms with Crippen LogP contribution in [0.25, 0.3) is 0 Å². The molecule has 5 heteroatoms. The van der Waals surface area contributed by atoms with Gasteiger partial charge in [0.1, 0.15) is 0 Å². The molecule has 8 heavy (non-hydrogen) atoms. The SMILES string of the molecule is C[N]c1nnc(N)[nH]1. The Labute approximate surface area is 46.3 Å². The van der Waals surface area contributed by atoms with Gasteiger partial charge in [0.2, 0.25) is 11.9 Å². The van der Waals surface area contributed by atoms with Gasteiger partial charge >= 0.3 is 0 Å². The number of nitrogens with one attached hydrogen (secondary N) is 1. The summed E-state index contributed by atoms with van der Waals surface area (Å²) in [4.78, 5) is 2.61. The van der Waals surface area contributed by atoms with Crippen LogP contribution in [-0.2, 0) is 0 Å². The van der Waals surface area contributed by atoms with E-state index in [9.17, 15) is 0 Å². The minimum absolute atomic E-state index is 0.297. The standard InChI is InChI=1S/C3H6N5/c1-5-3-6-2(4)7-8-3/h1H3,(H3,4,6,7,8). The molecule has 0 spiro atoms. The van der Waals surface area contributed by atoms with Crippen LogP contribution in [-0.4, -0.2) is 22.2 Å². The summed E-state index contributed by atoms with van der Waals surface area (Å²) in [5, 5.41) is 10.7. The van der Waals surface area contributed by atoms with Crippen LogP contribution in [0.2, 0.25) is 0 Å². The number of hydrogen-bond donors (Lipinski definition) is 2. The predicted octanol–water partition coefficient (Wildman–Crippen LogP) is -0.747. The Bertz CT molecular complexity index is 168. The molecule has 0 unspecified atom stereocenters. The maximum absolute atomic E-state index is 5.16. The third kappa shape index (κ3) is 0.699. The molecule has 0 aromatic carbocycles. The first-order chi connectivity index (χ1) is 3.83. The third-order valence-corrected chi connectivity index (χ3v) is 0.704. The molecule has 1 rings (SSSR count). The van der Waals surface area contributed by atoms with Gasteiger partial charge in [-0.3, -0.25) is 10.3 Å². The Morgan fingerprint density at radius 3 is 2.62 bits per heavy atom. The fourth-order valence-electron chi connectivity index (χ4n) is 0.366. The number of nitrogen functional groups attached to an aromatic ring is 1. The van der Waals surface area contributed by atoms with E-state index in [1.165, 1.54) is 0 Å². The third-order valence-electron chi connectivity index (χ3n) is 0.704. The number of aromatic nitrogens is 3. The molecule has 1 radical (unpaired) electrons. The van der Waals surface area contributed by atoms with E-state index in [1.54, 1.807) is 7.05 Å². The lowest BCUT2D eigenvalue weighted by atomic mass is 11.0. The maximum atomic E-state index is 5.16. The smallest absolute Gasteiger partial charge is 0.244 e. The van der Waals surface area contributed by atoms with Crippen molar-refractivity contribution in [2.45, 2.75) is 0 Å². The summed E-state index contributed by atoms with van der Waals surface area (Å²) in [6, 6.07) is 0. The summed E-state index contributed by atoms with van der Waals surface area (Å²) >= 11 is 0. The fourth-order valence-corrected chi connectivity index (χ4v) is 0.366. The molecule has 0 aliphatic heterocycles. The van der Waals surface area contributed by atoms with Crippen molar-refractivity contribution >= 4 is 11.9 Å². The van der Waals surface area contributed by atoms with Crippen molar-refractivity contribution in [1.29, 1.82) is 0 Å². The van der Waals surface area contributed by atoms with Crippen LogP contribution in [0.15, 0.2) is 0 Å². The van der Waals surface area contributed by atoms with Crippen molar-refractivity contribution in [1.82, 2.24) is 20.5 Å². The number of anilines is 1. The first kappa shape index (κ1) is 4.89. The van der Waals surface area contributed by atoms with Gasteiger partial charge < -0.3 is 5.73 Å². The van der Waals surface area contributed by atoms with Gasteiger partial charge in [0.15, 0.2) is 0 Å². The van der Waals surface area contributed by atoms with Gasteiger partial charge in [0.05, 0.1) is 0 Å². The maximum Gasteiger partial charge on any atom is 0.244 e. The Kier molecular flexibility index (Phi) is 1.03. The van der Waals surface area contributed by atoms with Gasteiger partial charge in [0.25, 0.3) is 0 Å². The van der Waals surface area contributed by atoms with Gasteiger partial charge in [-0.05, 0) is 0 Å². The van der Waals surface area contributed by atoms with Gasteiger partial charge in [-0.2, -0.15) is 0 Å². The van der Waals surface area contributed by atoms with Crippen LogP contribution in [0, 0.1) is 0 Å². The van der Waals surface area contributed by atoms with Crippen molar-refractivity contribution in [3.63, 3.8) is 0 Å². The monoisotopic (exact) mass is 112 g/mol. The van der Waals surface area contributed by atoms with E-state index in [2.05, 4.69) is 20.5 Å². The van der Waals surface area contributed by atoms with Crippen molar-refractivity contribution in [3.05, 3.63) is 0 Å². The molecule has 3 N–H and O–H groups in total. The molecule has 1 aromatic heterocycles. The van der Waals surface area contributed by atoms with E-state index >= 15 is 0 Å². The van der Waals surface area contributed by atoms with Crippen LogP contribution in [0.1, 0.15) is 0 Å². The normalized spacial score (nSPS) is 9.12.